The van der Waals surface area contributed by atoms with Crippen molar-refractivity contribution in [1.82, 2.24) is 4.98 Å². The zero-order valence-electron chi connectivity index (χ0n) is 13.7. The van der Waals surface area contributed by atoms with Crippen molar-refractivity contribution in [2.45, 2.75) is 44.9 Å². The van der Waals surface area contributed by atoms with Gasteiger partial charge in [-0.15, -0.1) is 35.0 Å². The van der Waals surface area contributed by atoms with Crippen LogP contribution in [0.2, 0.25) is 0 Å². The van der Waals surface area contributed by atoms with Crippen LogP contribution in [-0.4, -0.2) is 4.98 Å². The van der Waals surface area contributed by atoms with Gasteiger partial charge in [0.2, 0.25) is 0 Å². The summed E-state index contributed by atoms with van der Waals surface area (Å²) in [5, 5.41) is 0. The first-order chi connectivity index (χ1) is 9.55. The van der Waals surface area contributed by atoms with Crippen molar-refractivity contribution in [3.8, 4) is 0 Å². The third kappa shape index (κ3) is 5.09. The number of hydrogen-bond donors (Lipinski definition) is 1. The van der Waals surface area contributed by atoms with E-state index in [0.717, 1.165) is 5.92 Å². The van der Waals surface area contributed by atoms with E-state index in [1.54, 1.807) is 0 Å². The Morgan fingerprint density at radius 3 is 2.26 bits per heavy atom. The van der Waals surface area contributed by atoms with Gasteiger partial charge in [-0.3, -0.25) is 0 Å². The Kier molecular flexibility index (Phi) is 9.14. The molecule has 2 aromatic rings. The minimum absolute atomic E-state index is 0. The predicted molar refractivity (Wildman–Crippen MR) is 82.6 cm³/mol. The maximum Gasteiger partial charge on any atom is 4.00 e. The molecule has 1 heterocycles. The molecule has 4 heteroatoms. The molecule has 1 N–H and O–H groups in total. The number of rotatable bonds is 0. The third-order valence-corrected chi connectivity index (χ3v) is 4.10. The first-order valence-electron chi connectivity index (χ1n) is 7.33. The monoisotopic (exact) mass is 423 g/mol. The Bertz CT molecular complexity index is 627. The fraction of sp³-hybridized carbons (Fsp3) is 0.368. The van der Waals surface area contributed by atoms with Crippen LogP contribution in [0.3, 0.4) is 0 Å². The summed E-state index contributed by atoms with van der Waals surface area (Å²) in [6.45, 7) is 6.52. The molecule has 1 nitrogen and oxygen atoms in total. The number of H-pyrrole nitrogens is 1. The Morgan fingerprint density at radius 1 is 1.09 bits per heavy atom. The average Bonchev–Trinajstić information content (AvgIpc) is 2.97. The number of halogens is 2. The Labute approximate surface area is 171 Å². The zero-order chi connectivity index (χ0) is 14.2. The molecule has 1 saturated carbocycles. The number of nitrogens with one attached hydrogen (secondary N) is 1. The average molecular weight is 426 g/mol. The van der Waals surface area contributed by atoms with Gasteiger partial charge in [0.05, 0.1) is 0 Å². The number of benzene rings is 1. The van der Waals surface area contributed by atoms with Crippen molar-refractivity contribution in [1.29, 1.82) is 0 Å². The molecule has 4 rings (SSSR count). The SMILES string of the molecule is CC(C)(C)c1[c-][nH]cc1.[C-]1=C2CCC2c2ccccc21.[Cl-].[Cl-].[Zr+4]. The van der Waals surface area contributed by atoms with Gasteiger partial charge in [-0.2, -0.15) is 30.0 Å². The van der Waals surface area contributed by atoms with E-state index >= 15 is 0 Å². The van der Waals surface area contributed by atoms with Gasteiger partial charge < -0.3 is 29.8 Å². The quantitative estimate of drug-likeness (QED) is 0.509. The molecule has 0 spiro atoms. The van der Waals surface area contributed by atoms with Crippen LogP contribution in [0.4, 0.5) is 0 Å². The van der Waals surface area contributed by atoms with Crippen molar-refractivity contribution in [2.24, 2.45) is 0 Å². The van der Waals surface area contributed by atoms with Gasteiger partial charge in [0, 0.05) is 0 Å². The molecule has 1 atom stereocenters. The van der Waals surface area contributed by atoms with Gasteiger partial charge in [-0.05, 0) is 11.8 Å². The summed E-state index contributed by atoms with van der Waals surface area (Å²) in [4.78, 5) is 2.91. The van der Waals surface area contributed by atoms with E-state index in [1.807, 2.05) is 6.20 Å². The Morgan fingerprint density at radius 2 is 1.78 bits per heavy atom. The number of fused-ring (bicyclic) bond motifs is 3. The molecule has 23 heavy (non-hydrogen) atoms. The molecular weight excluding hydrogens is 404 g/mol. The molecule has 1 aromatic carbocycles. The Hall–Kier alpha value is -0.297. The zero-order valence-corrected chi connectivity index (χ0v) is 17.7. The van der Waals surface area contributed by atoms with E-state index < -0.39 is 0 Å². The molecule has 120 valence electrons. The van der Waals surface area contributed by atoms with Crippen LogP contribution in [0.1, 0.15) is 56.2 Å². The minimum atomic E-state index is 0. The van der Waals surface area contributed by atoms with Crippen molar-refractivity contribution in [3.05, 3.63) is 71.1 Å². The second-order valence-electron chi connectivity index (χ2n) is 6.60. The van der Waals surface area contributed by atoms with Crippen LogP contribution in [0.5, 0.6) is 0 Å². The van der Waals surface area contributed by atoms with Gasteiger partial charge in [0.25, 0.3) is 0 Å². The number of aromatic amines is 1. The summed E-state index contributed by atoms with van der Waals surface area (Å²) in [5.74, 6) is 0.756. The van der Waals surface area contributed by atoms with Crippen molar-refractivity contribution in [2.75, 3.05) is 0 Å². The van der Waals surface area contributed by atoms with Crippen LogP contribution in [0, 0.1) is 12.3 Å². The summed E-state index contributed by atoms with van der Waals surface area (Å²) in [5.41, 5.74) is 5.85. The maximum atomic E-state index is 3.45. The molecule has 0 saturated heterocycles. The van der Waals surface area contributed by atoms with Crippen molar-refractivity contribution < 1.29 is 51.0 Å². The largest absolute Gasteiger partial charge is 4.00 e. The van der Waals surface area contributed by atoms with Gasteiger partial charge in [-0.1, -0.05) is 39.2 Å². The standard InChI is InChI=1S/C11H9.C8H12N.2ClH.Zr/c1-2-4-10-8(3-1)7-9-5-6-11(9)10;1-8(2,3)7-4-5-9-6-7;;;/h1-4,11H,5-6H2;4-5,9H,1-3H3;2*1H;/q2*-1;;;+4/p-2. The molecule has 2 aliphatic rings. The summed E-state index contributed by atoms with van der Waals surface area (Å²) in [6.07, 6.45) is 11.0. The van der Waals surface area contributed by atoms with E-state index in [4.69, 9.17) is 0 Å². The predicted octanol–water partition coefficient (Wildman–Crippen LogP) is -1.23. The molecule has 0 amide bonds. The molecule has 2 aliphatic carbocycles. The summed E-state index contributed by atoms with van der Waals surface area (Å²) in [6, 6.07) is 10.7. The van der Waals surface area contributed by atoms with Gasteiger partial charge in [-0.25, -0.2) is 0 Å². The molecule has 0 radical (unpaired) electrons. The first-order valence-corrected chi connectivity index (χ1v) is 7.33. The normalized spacial score (nSPS) is 16.7. The fourth-order valence-corrected chi connectivity index (χ4v) is 2.74. The minimum Gasteiger partial charge on any atom is -1.00 e. The van der Waals surface area contributed by atoms with E-state index in [2.05, 4.69) is 68.4 Å². The van der Waals surface area contributed by atoms with Crippen LogP contribution < -0.4 is 24.8 Å². The van der Waals surface area contributed by atoms with Crippen LogP contribution in [-0.2, 0) is 31.6 Å². The number of hydrogen-bond acceptors (Lipinski definition) is 0. The van der Waals surface area contributed by atoms with Gasteiger partial charge >= 0.3 is 26.2 Å². The van der Waals surface area contributed by atoms with Gasteiger partial charge in [0.1, 0.15) is 0 Å². The van der Waals surface area contributed by atoms with Crippen LogP contribution >= 0.6 is 0 Å². The van der Waals surface area contributed by atoms with Crippen LogP contribution in [0.15, 0.2) is 42.1 Å². The van der Waals surface area contributed by atoms with E-state index in [9.17, 15) is 0 Å². The summed E-state index contributed by atoms with van der Waals surface area (Å²) < 4.78 is 0. The third-order valence-electron chi connectivity index (χ3n) is 4.10. The molecule has 0 bridgehead atoms. The molecular formula is C19H21Cl2NZr. The smallest absolute Gasteiger partial charge is 1.00 e. The van der Waals surface area contributed by atoms with Crippen molar-refractivity contribution >= 4 is 0 Å². The topological polar surface area (TPSA) is 15.8 Å². The Balaban J connectivity index is 0.000000380. The number of aromatic nitrogens is 1. The first kappa shape index (κ1) is 22.7. The van der Waals surface area contributed by atoms with Crippen LogP contribution in [0.25, 0.3) is 0 Å². The summed E-state index contributed by atoms with van der Waals surface area (Å²) >= 11 is 0. The molecule has 0 aliphatic heterocycles. The molecule has 1 unspecified atom stereocenters. The summed E-state index contributed by atoms with van der Waals surface area (Å²) in [7, 11) is 0. The van der Waals surface area contributed by atoms with Gasteiger partial charge in [0.15, 0.2) is 0 Å². The van der Waals surface area contributed by atoms with E-state index in [-0.39, 0.29) is 56.4 Å². The molecule has 1 fully saturated rings. The maximum absolute atomic E-state index is 3.45. The molecule has 1 aromatic heterocycles. The van der Waals surface area contributed by atoms with Crippen molar-refractivity contribution in [3.63, 3.8) is 0 Å². The van der Waals surface area contributed by atoms with E-state index in [1.165, 1.54) is 35.1 Å². The second-order valence-corrected chi connectivity index (χ2v) is 6.60. The fourth-order valence-electron chi connectivity index (χ4n) is 2.74. The second kappa shape index (κ2) is 9.26. The van der Waals surface area contributed by atoms with E-state index in [0.29, 0.717) is 0 Å². The number of allylic oxidation sites excluding steroid dienone is 1.